The van der Waals surface area contributed by atoms with E-state index in [0.29, 0.717) is 13.1 Å². The molecule has 20 heavy (non-hydrogen) atoms. The van der Waals surface area contributed by atoms with Gasteiger partial charge in [0.25, 0.3) is 0 Å². The number of carboxylic acids is 1. The number of carbonyl (C=O) groups excluding carboxylic acids is 2. The number of aliphatic carboxylic acids is 1. The molecule has 2 N–H and O–H groups in total. The largest absolute Gasteiger partial charge is 0.479 e. The molecule has 0 aromatic heterocycles. The number of carboxylic acid groups (broad SMARTS) is 1. The maximum atomic E-state index is 12.0. The Bertz CT molecular complexity index is 387. The SMILES string of the molecule is CCN(C)C(=O)C(C)NC(=O)N1CCOC(C(=O)O)C1. The van der Waals surface area contributed by atoms with Crippen LogP contribution in [0.2, 0.25) is 0 Å². The molecular formula is C12H21N3O5. The molecule has 0 spiro atoms. The van der Waals surface area contributed by atoms with E-state index < -0.39 is 24.1 Å². The third-order valence-corrected chi connectivity index (χ3v) is 3.19. The summed E-state index contributed by atoms with van der Waals surface area (Å²) in [6.07, 6.45) is -1.01. The lowest BCUT2D eigenvalue weighted by Crippen LogP contribution is -2.55. The number of hydrogen-bond donors (Lipinski definition) is 2. The molecule has 2 unspecified atom stereocenters. The van der Waals surface area contributed by atoms with Gasteiger partial charge in [-0.05, 0) is 13.8 Å². The molecular weight excluding hydrogens is 266 g/mol. The first-order valence-electron chi connectivity index (χ1n) is 6.51. The van der Waals surface area contributed by atoms with Gasteiger partial charge in [-0.1, -0.05) is 0 Å². The minimum absolute atomic E-state index is 0.0221. The average molecular weight is 287 g/mol. The Balaban J connectivity index is 2.53. The van der Waals surface area contributed by atoms with Gasteiger partial charge in [0.1, 0.15) is 6.04 Å². The monoisotopic (exact) mass is 287 g/mol. The zero-order chi connectivity index (χ0) is 15.3. The van der Waals surface area contributed by atoms with Gasteiger partial charge >= 0.3 is 12.0 Å². The zero-order valence-corrected chi connectivity index (χ0v) is 12.0. The summed E-state index contributed by atoms with van der Waals surface area (Å²) < 4.78 is 5.03. The van der Waals surface area contributed by atoms with E-state index in [-0.39, 0.29) is 19.1 Å². The number of nitrogens with zero attached hydrogens (tertiary/aromatic N) is 2. The van der Waals surface area contributed by atoms with Crippen LogP contribution in [0.4, 0.5) is 4.79 Å². The molecule has 8 nitrogen and oxygen atoms in total. The molecule has 1 heterocycles. The maximum Gasteiger partial charge on any atom is 0.334 e. The van der Waals surface area contributed by atoms with Crippen LogP contribution in [-0.4, -0.2) is 78.2 Å². The molecule has 1 aliphatic heterocycles. The van der Waals surface area contributed by atoms with Crippen molar-refractivity contribution >= 4 is 17.9 Å². The molecule has 3 amide bonds. The first-order valence-corrected chi connectivity index (χ1v) is 6.51. The quantitative estimate of drug-likeness (QED) is 0.715. The second-order valence-corrected chi connectivity index (χ2v) is 4.67. The van der Waals surface area contributed by atoms with E-state index in [4.69, 9.17) is 9.84 Å². The maximum absolute atomic E-state index is 12.0. The van der Waals surface area contributed by atoms with Crippen molar-refractivity contribution in [2.24, 2.45) is 0 Å². The predicted molar refractivity (Wildman–Crippen MR) is 70.3 cm³/mol. The number of urea groups is 1. The molecule has 1 aliphatic rings. The summed E-state index contributed by atoms with van der Waals surface area (Å²) in [5.41, 5.74) is 0. The van der Waals surface area contributed by atoms with Crippen molar-refractivity contribution in [3.63, 3.8) is 0 Å². The van der Waals surface area contributed by atoms with E-state index in [1.807, 2.05) is 6.92 Å². The van der Waals surface area contributed by atoms with Crippen molar-refractivity contribution in [1.82, 2.24) is 15.1 Å². The van der Waals surface area contributed by atoms with Crippen LogP contribution in [0.3, 0.4) is 0 Å². The van der Waals surface area contributed by atoms with Crippen molar-refractivity contribution in [2.75, 3.05) is 33.3 Å². The van der Waals surface area contributed by atoms with E-state index in [0.717, 1.165) is 0 Å². The number of ether oxygens (including phenoxy) is 1. The average Bonchev–Trinajstić information content (AvgIpc) is 2.45. The van der Waals surface area contributed by atoms with E-state index >= 15 is 0 Å². The molecule has 0 aliphatic carbocycles. The first-order chi connectivity index (χ1) is 9.36. The van der Waals surface area contributed by atoms with Crippen molar-refractivity contribution in [3.05, 3.63) is 0 Å². The van der Waals surface area contributed by atoms with E-state index in [1.54, 1.807) is 14.0 Å². The standard InChI is InChI=1S/C12H21N3O5/c1-4-14(3)10(16)8(2)13-12(19)15-5-6-20-9(7-15)11(17)18/h8-9H,4-7H2,1-3H3,(H,13,19)(H,17,18). The minimum atomic E-state index is -1.10. The Labute approximate surface area is 117 Å². The highest BCUT2D eigenvalue weighted by Gasteiger charge is 2.30. The minimum Gasteiger partial charge on any atom is -0.479 e. The molecule has 1 saturated heterocycles. The van der Waals surface area contributed by atoms with Crippen LogP contribution in [-0.2, 0) is 14.3 Å². The topological polar surface area (TPSA) is 99.2 Å². The Morgan fingerprint density at radius 1 is 1.50 bits per heavy atom. The highest BCUT2D eigenvalue weighted by molar-refractivity contribution is 5.86. The fraction of sp³-hybridized carbons (Fsp3) is 0.750. The smallest absolute Gasteiger partial charge is 0.334 e. The van der Waals surface area contributed by atoms with Gasteiger partial charge in [-0.3, -0.25) is 4.79 Å². The summed E-state index contributed by atoms with van der Waals surface area (Å²) in [5, 5.41) is 11.4. The lowest BCUT2D eigenvalue weighted by atomic mass is 10.2. The van der Waals surface area contributed by atoms with Gasteiger partial charge in [0.05, 0.1) is 13.2 Å². The van der Waals surface area contributed by atoms with Crippen molar-refractivity contribution < 1.29 is 24.2 Å². The van der Waals surface area contributed by atoms with Crippen LogP contribution in [0.25, 0.3) is 0 Å². The highest BCUT2D eigenvalue weighted by atomic mass is 16.5. The predicted octanol–water partition coefficient (Wildman–Crippen LogP) is -0.652. The van der Waals surface area contributed by atoms with Crippen molar-refractivity contribution in [2.45, 2.75) is 26.0 Å². The van der Waals surface area contributed by atoms with Crippen molar-refractivity contribution in [1.29, 1.82) is 0 Å². The Morgan fingerprint density at radius 3 is 2.70 bits per heavy atom. The number of likely N-dealkylation sites (N-methyl/N-ethyl adjacent to an activating group) is 1. The molecule has 1 rings (SSSR count). The molecule has 0 saturated carbocycles. The number of nitrogens with one attached hydrogen (secondary N) is 1. The van der Waals surface area contributed by atoms with Crippen LogP contribution < -0.4 is 5.32 Å². The van der Waals surface area contributed by atoms with Crippen LogP contribution in [0, 0.1) is 0 Å². The zero-order valence-electron chi connectivity index (χ0n) is 12.0. The summed E-state index contributed by atoms with van der Waals surface area (Å²) in [6, 6.07) is -1.11. The highest BCUT2D eigenvalue weighted by Crippen LogP contribution is 2.06. The van der Waals surface area contributed by atoms with Gasteiger partial charge in [-0.2, -0.15) is 0 Å². The molecule has 0 aromatic rings. The fourth-order valence-corrected chi connectivity index (χ4v) is 1.81. The van der Waals surface area contributed by atoms with Gasteiger partial charge in [0.2, 0.25) is 5.91 Å². The number of rotatable bonds is 4. The van der Waals surface area contributed by atoms with Crippen LogP contribution in [0.1, 0.15) is 13.8 Å². The lowest BCUT2D eigenvalue weighted by Gasteiger charge is -2.32. The van der Waals surface area contributed by atoms with E-state index in [1.165, 1.54) is 9.80 Å². The molecule has 1 fully saturated rings. The van der Waals surface area contributed by atoms with Crippen LogP contribution in [0.5, 0.6) is 0 Å². The van der Waals surface area contributed by atoms with Gasteiger partial charge < -0.3 is 25.0 Å². The third kappa shape index (κ3) is 4.09. The summed E-state index contributed by atoms with van der Waals surface area (Å²) >= 11 is 0. The van der Waals surface area contributed by atoms with Gasteiger partial charge in [0.15, 0.2) is 6.10 Å². The van der Waals surface area contributed by atoms with Gasteiger partial charge in [-0.25, -0.2) is 9.59 Å². The lowest BCUT2D eigenvalue weighted by molar-refractivity contribution is -0.154. The number of carbonyl (C=O) groups is 3. The number of hydrogen-bond acceptors (Lipinski definition) is 4. The van der Waals surface area contributed by atoms with Crippen LogP contribution in [0.15, 0.2) is 0 Å². The normalized spacial score (nSPS) is 20.1. The summed E-state index contributed by atoms with van der Waals surface area (Å²) in [7, 11) is 1.65. The van der Waals surface area contributed by atoms with E-state index in [9.17, 15) is 14.4 Å². The second-order valence-electron chi connectivity index (χ2n) is 4.67. The second kappa shape index (κ2) is 7.09. The van der Waals surface area contributed by atoms with E-state index in [2.05, 4.69) is 5.32 Å². The Kier molecular flexibility index (Phi) is 5.75. The van der Waals surface area contributed by atoms with Crippen LogP contribution >= 0.6 is 0 Å². The number of amides is 3. The third-order valence-electron chi connectivity index (χ3n) is 3.19. The summed E-state index contributed by atoms with van der Waals surface area (Å²) in [6.45, 7) is 4.44. The molecule has 2 atom stereocenters. The van der Waals surface area contributed by atoms with Gasteiger partial charge in [-0.15, -0.1) is 0 Å². The van der Waals surface area contributed by atoms with Crippen molar-refractivity contribution in [3.8, 4) is 0 Å². The first kappa shape index (κ1) is 16.2. The van der Waals surface area contributed by atoms with Gasteiger partial charge in [0, 0.05) is 20.1 Å². The summed E-state index contributed by atoms with van der Waals surface area (Å²) in [5.74, 6) is -1.29. The Hall–Kier alpha value is -1.83. The fourth-order valence-electron chi connectivity index (χ4n) is 1.81. The molecule has 0 radical (unpaired) electrons. The number of morpholine rings is 1. The molecule has 0 aromatic carbocycles. The Morgan fingerprint density at radius 2 is 2.15 bits per heavy atom. The molecule has 114 valence electrons. The molecule has 0 bridgehead atoms. The summed E-state index contributed by atoms with van der Waals surface area (Å²) in [4.78, 5) is 37.5. The molecule has 8 heteroatoms.